The van der Waals surface area contributed by atoms with E-state index in [-0.39, 0.29) is 38.5 Å². The summed E-state index contributed by atoms with van der Waals surface area (Å²) in [5, 5.41) is 2.42. The van der Waals surface area contributed by atoms with Crippen LogP contribution in [0.5, 0.6) is 0 Å². The van der Waals surface area contributed by atoms with Gasteiger partial charge in [0.1, 0.15) is 0 Å². The summed E-state index contributed by atoms with van der Waals surface area (Å²) in [4.78, 5) is 24.7. The maximum atomic E-state index is 12.6. The zero-order valence-electron chi connectivity index (χ0n) is 16.9. The lowest BCUT2D eigenvalue weighted by atomic mass is 10.2. The standard InChI is InChI=1S/C22H18F2N2O5S2/c23-22(24)32-19-12-5-4-11-18(19)25-20(27)14-31-21(28)15-7-6-8-16(13-15)26-33(29,30)17-9-2-1-3-10-17/h1-13,22,26H,14H2,(H,25,27). The van der Waals surface area contributed by atoms with E-state index in [1.54, 1.807) is 30.3 Å². The summed E-state index contributed by atoms with van der Waals surface area (Å²) < 4.78 is 57.5. The first-order valence-electron chi connectivity index (χ1n) is 9.43. The van der Waals surface area contributed by atoms with E-state index < -0.39 is 34.3 Å². The third-order valence-corrected chi connectivity index (χ3v) is 6.30. The first-order valence-corrected chi connectivity index (χ1v) is 11.8. The lowest BCUT2D eigenvalue weighted by Crippen LogP contribution is -2.21. The van der Waals surface area contributed by atoms with Crippen LogP contribution in [0.2, 0.25) is 0 Å². The Hall–Kier alpha value is -3.44. The van der Waals surface area contributed by atoms with Crippen LogP contribution in [0.3, 0.4) is 0 Å². The van der Waals surface area contributed by atoms with Crippen molar-refractivity contribution in [1.29, 1.82) is 0 Å². The molecular formula is C22H18F2N2O5S2. The van der Waals surface area contributed by atoms with Crippen LogP contribution in [-0.2, 0) is 19.6 Å². The second-order valence-corrected chi connectivity index (χ2v) is 9.21. The fraction of sp³-hybridized carbons (Fsp3) is 0.0909. The number of hydrogen-bond acceptors (Lipinski definition) is 6. The van der Waals surface area contributed by atoms with Gasteiger partial charge in [0.05, 0.1) is 16.1 Å². The number of esters is 1. The van der Waals surface area contributed by atoms with E-state index in [0.29, 0.717) is 0 Å². The molecule has 0 unspecified atom stereocenters. The van der Waals surface area contributed by atoms with E-state index in [0.717, 1.165) is 0 Å². The molecule has 7 nitrogen and oxygen atoms in total. The van der Waals surface area contributed by atoms with Crippen molar-refractivity contribution in [3.05, 3.63) is 84.4 Å². The van der Waals surface area contributed by atoms with Crippen molar-refractivity contribution >= 4 is 45.0 Å². The fourth-order valence-corrected chi connectivity index (χ4v) is 4.36. The van der Waals surface area contributed by atoms with Gasteiger partial charge in [-0.1, -0.05) is 48.2 Å². The Labute approximate surface area is 193 Å². The van der Waals surface area contributed by atoms with Gasteiger partial charge in [0.2, 0.25) is 0 Å². The second-order valence-electron chi connectivity index (χ2n) is 6.50. The smallest absolute Gasteiger partial charge is 0.338 e. The molecule has 1 amide bonds. The second kappa shape index (κ2) is 10.9. The van der Waals surface area contributed by atoms with Crippen molar-refractivity contribution in [3.63, 3.8) is 0 Å². The SMILES string of the molecule is O=C(COC(=O)c1cccc(NS(=O)(=O)c2ccccc2)c1)Nc1ccccc1SC(F)F. The Balaban J connectivity index is 1.61. The average Bonchev–Trinajstić information content (AvgIpc) is 2.79. The molecule has 3 aromatic rings. The largest absolute Gasteiger partial charge is 0.452 e. The Bertz CT molecular complexity index is 1240. The van der Waals surface area contributed by atoms with Gasteiger partial charge in [-0.3, -0.25) is 9.52 Å². The van der Waals surface area contributed by atoms with Gasteiger partial charge in [-0.15, -0.1) is 0 Å². The number of carbonyl (C=O) groups excluding carboxylic acids is 2. The number of nitrogens with one attached hydrogen (secondary N) is 2. The number of benzene rings is 3. The molecule has 0 fully saturated rings. The molecule has 0 aromatic heterocycles. The summed E-state index contributed by atoms with van der Waals surface area (Å²) in [7, 11) is -3.85. The van der Waals surface area contributed by atoms with Crippen LogP contribution in [0.4, 0.5) is 20.2 Å². The van der Waals surface area contributed by atoms with Crippen molar-refractivity contribution in [2.45, 2.75) is 15.5 Å². The van der Waals surface area contributed by atoms with E-state index in [1.165, 1.54) is 48.5 Å². The van der Waals surface area contributed by atoms with Crippen molar-refractivity contribution in [1.82, 2.24) is 0 Å². The third kappa shape index (κ3) is 7.02. The van der Waals surface area contributed by atoms with Crippen molar-refractivity contribution in [2.24, 2.45) is 0 Å². The van der Waals surface area contributed by atoms with Crippen molar-refractivity contribution in [2.75, 3.05) is 16.6 Å². The number of ether oxygens (including phenoxy) is 1. The molecule has 0 radical (unpaired) electrons. The number of para-hydroxylation sites is 1. The van der Waals surface area contributed by atoms with Gasteiger partial charge < -0.3 is 10.1 Å². The highest BCUT2D eigenvalue weighted by Gasteiger charge is 2.17. The maximum Gasteiger partial charge on any atom is 0.338 e. The number of anilines is 2. The molecule has 0 bridgehead atoms. The zero-order chi connectivity index (χ0) is 23.8. The van der Waals surface area contributed by atoms with Gasteiger partial charge in [0.15, 0.2) is 6.61 Å². The first kappa shape index (κ1) is 24.2. The minimum absolute atomic E-state index is 0.0183. The summed E-state index contributed by atoms with van der Waals surface area (Å²) in [6.07, 6.45) is 0. The predicted octanol–water partition coefficient (Wildman–Crippen LogP) is 4.60. The Morgan fingerprint density at radius 3 is 2.36 bits per heavy atom. The quantitative estimate of drug-likeness (QED) is 0.335. The molecule has 0 aliphatic carbocycles. The summed E-state index contributed by atoms with van der Waals surface area (Å²) >= 11 is 0.281. The summed E-state index contributed by atoms with van der Waals surface area (Å²) in [5.74, 6) is -4.24. The van der Waals surface area contributed by atoms with Gasteiger partial charge in [0.25, 0.3) is 21.7 Å². The van der Waals surface area contributed by atoms with Gasteiger partial charge in [-0.2, -0.15) is 8.78 Å². The Morgan fingerprint density at radius 1 is 0.939 bits per heavy atom. The molecule has 2 N–H and O–H groups in total. The number of halogens is 2. The molecule has 0 aliphatic rings. The van der Waals surface area contributed by atoms with Crippen LogP contribution in [0, 0.1) is 0 Å². The van der Waals surface area contributed by atoms with Gasteiger partial charge in [0, 0.05) is 10.6 Å². The van der Waals surface area contributed by atoms with E-state index in [1.807, 2.05) is 0 Å². The molecule has 0 saturated carbocycles. The number of rotatable bonds is 9. The molecule has 3 aromatic carbocycles. The molecule has 0 saturated heterocycles. The van der Waals surface area contributed by atoms with Crippen LogP contribution in [0.1, 0.15) is 10.4 Å². The number of amides is 1. The molecular weight excluding hydrogens is 474 g/mol. The van der Waals surface area contributed by atoms with E-state index in [9.17, 15) is 26.8 Å². The number of sulfonamides is 1. The highest BCUT2D eigenvalue weighted by Crippen LogP contribution is 2.31. The Kier molecular flexibility index (Phi) is 8.01. The maximum absolute atomic E-state index is 12.6. The Morgan fingerprint density at radius 2 is 1.64 bits per heavy atom. The van der Waals surface area contributed by atoms with Gasteiger partial charge in [-0.25, -0.2) is 13.2 Å². The highest BCUT2D eigenvalue weighted by molar-refractivity contribution is 7.99. The van der Waals surface area contributed by atoms with Crippen LogP contribution in [-0.4, -0.2) is 32.7 Å². The highest BCUT2D eigenvalue weighted by atomic mass is 32.2. The van der Waals surface area contributed by atoms with Gasteiger partial charge in [-0.05, 0) is 42.5 Å². The number of carbonyl (C=O) groups is 2. The molecule has 3 rings (SSSR count). The van der Waals surface area contributed by atoms with Crippen LogP contribution in [0.25, 0.3) is 0 Å². The lowest BCUT2D eigenvalue weighted by Gasteiger charge is -2.11. The van der Waals surface area contributed by atoms with E-state index >= 15 is 0 Å². The van der Waals surface area contributed by atoms with Crippen LogP contribution >= 0.6 is 11.8 Å². The van der Waals surface area contributed by atoms with E-state index in [2.05, 4.69) is 10.0 Å². The molecule has 0 atom stereocenters. The molecule has 172 valence electrons. The predicted molar refractivity (Wildman–Crippen MR) is 121 cm³/mol. The van der Waals surface area contributed by atoms with Crippen molar-refractivity contribution < 1.29 is 31.5 Å². The molecule has 0 aliphatic heterocycles. The number of hydrogen-bond donors (Lipinski definition) is 2. The third-order valence-electron chi connectivity index (χ3n) is 4.12. The van der Waals surface area contributed by atoms with E-state index in [4.69, 9.17) is 4.74 Å². The molecule has 11 heteroatoms. The van der Waals surface area contributed by atoms with Crippen LogP contribution < -0.4 is 10.0 Å². The van der Waals surface area contributed by atoms with Gasteiger partial charge >= 0.3 is 5.97 Å². The molecule has 33 heavy (non-hydrogen) atoms. The minimum atomic E-state index is -3.85. The van der Waals surface area contributed by atoms with Crippen LogP contribution in [0.15, 0.2) is 88.7 Å². The first-order chi connectivity index (χ1) is 15.7. The fourth-order valence-electron chi connectivity index (χ4n) is 2.69. The molecule has 0 spiro atoms. The number of alkyl halides is 2. The normalized spacial score (nSPS) is 11.1. The monoisotopic (exact) mass is 492 g/mol. The zero-order valence-corrected chi connectivity index (χ0v) is 18.5. The minimum Gasteiger partial charge on any atom is -0.452 e. The summed E-state index contributed by atoms with van der Waals surface area (Å²) in [5.41, 5.74) is 0.321. The van der Waals surface area contributed by atoms with Crippen molar-refractivity contribution in [3.8, 4) is 0 Å². The topological polar surface area (TPSA) is 102 Å². The number of thioether (sulfide) groups is 1. The lowest BCUT2D eigenvalue weighted by molar-refractivity contribution is -0.119. The molecule has 0 heterocycles. The average molecular weight is 493 g/mol. The summed E-state index contributed by atoms with van der Waals surface area (Å²) in [6, 6.07) is 19.3. The summed E-state index contributed by atoms with van der Waals surface area (Å²) in [6.45, 7) is -0.660.